The molecule has 6 heteroatoms. The van der Waals surface area contributed by atoms with E-state index in [0.29, 0.717) is 18.8 Å². The maximum Gasteiger partial charge on any atom is 0.389 e. The van der Waals surface area contributed by atoms with E-state index in [1.165, 1.54) is 11.8 Å². The van der Waals surface area contributed by atoms with Gasteiger partial charge >= 0.3 is 12.1 Å². The highest BCUT2D eigenvalue weighted by atomic mass is 32.2. The van der Waals surface area contributed by atoms with E-state index < -0.39 is 12.6 Å². The standard InChI is InChI=1S/C14H25F3O2S/c1-3-5-8-13(18)19-11-12(7-4-2)20-10-6-9-14(15,16)17/h12H,3-11H2,1-2H3. The molecule has 0 aromatic carbocycles. The van der Waals surface area contributed by atoms with Crippen LogP contribution >= 0.6 is 11.8 Å². The summed E-state index contributed by atoms with van der Waals surface area (Å²) in [7, 11) is 0. The van der Waals surface area contributed by atoms with E-state index in [0.717, 1.165) is 25.7 Å². The predicted octanol–water partition coefficient (Wildman–Crippen LogP) is 4.96. The molecule has 0 N–H and O–H groups in total. The first-order chi connectivity index (χ1) is 9.39. The minimum Gasteiger partial charge on any atom is -0.464 e. The van der Waals surface area contributed by atoms with E-state index in [-0.39, 0.29) is 17.6 Å². The van der Waals surface area contributed by atoms with Crippen LogP contribution < -0.4 is 0 Å². The van der Waals surface area contributed by atoms with E-state index >= 15 is 0 Å². The van der Waals surface area contributed by atoms with Crippen molar-refractivity contribution in [3.05, 3.63) is 0 Å². The molecular formula is C14H25F3O2S. The lowest BCUT2D eigenvalue weighted by Gasteiger charge is -2.16. The van der Waals surface area contributed by atoms with E-state index in [9.17, 15) is 18.0 Å². The Bertz CT molecular complexity index is 257. The number of unbranched alkanes of at least 4 members (excludes halogenated alkanes) is 1. The summed E-state index contributed by atoms with van der Waals surface area (Å²) < 4.78 is 41.2. The molecule has 0 aromatic heterocycles. The molecule has 0 rings (SSSR count). The Balaban J connectivity index is 3.83. The zero-order chi connectivity index (χ0) is 15.4. The van der Waals surface area contributed by atoms with Crippen molar-refractivity contribution in [2.45, 2.75) is 70.2 Å². The molecule has 2 nitrogen and oxygen atoms in total. The Morgan fingerprint density at radius 3 is 2.45 bits per heavy atom. The minimum atomic E-state index is -4.08. The lowest BCUT2D eigenvalue weighted by Crippen LogP contribution is -2.17. The zero-order valence-electron chi connectivity index (χ0n) is 12.3. The number of carbonyl (C=O) groups is 1. The third kappa shape index (κ3) is 12.6. The van der Waals surface area contributed by atoms with Crippen molar-refractivity contribution < 1.29 is 22.7 Å². The summed E-state index contributed by atoms with van der Waals surface area (Å²) in [5.74, 6) is 0.250. The quantitative estimate of drug-likeness (QED) is 0.398. The molecule has 20 heavy (non-hydrogen) atoms. The second-order valence-corrected chi connectivity index (χ2v) is 6.20. The van der Waals surface area contributed by atoms with Crippen LogP contribution in [0.5, 0.6) is 0 Å². The van der Waals surface area contributed by atoms with E-state index in [4.69, 9.17) is 4.74 Å². The summed E-state index contributed by atoms with van der Waals surface area (Å²) in [6.07, 6.45) is -0.717. The molecule has 0 aliphatic heterocycles. The Labute approximate surface area is 123 Å². The first-order valence-electron chi connectivity index (χ1n) is 7.23. The molecule has 0 saturated carbocycles. The second kappa shape index (κ2) is 11.3. The van der Waals surface area contributed by atoms with Crippen LogP contribution in [0.15, 0.2) is 0 Å². The molecule has 0 amide bonds. The van der Waals surface area contributed by atoms with Gasteiger partial charge in [0.25, 0.3) is 0 Å². The average molecular weight is 314 g/mol. The van der Waals surface area contributed by atoms with Gasteiger partial charge in [0.05, 0.1) is 0 Å². The van der Waals surface area contributed by atoms with Crippen molar-refractivity contribution in [2.75, 3.05) is 12.4 Å². The zero-order valence-corrected chi connectivity index (χ0v) is 13.1. The number of ether oxygens (including phenoxy) is 1. The van der Waals surface area contributed by atoms with Crippen LogP contribution in [0.25, 0.3) is 0 Å². The number of hydrogen-bond acceptors (Lipinski definition) is 3. The van der Waals surface area contributed by atoms with Crippen LogP contribution in [0, 0.1) is 0 Å². The molecule has 1 atom stereocenters. The SMILES string of the molecule is CCCCC(=O)OCC(CCC)SCCCC(F)(F)F. The molecule has 0 saturated heterocycles. The van der Waals surface area contributed by atoms with Gasteiger partial charge in [-0.15, -0.1) is 0 Å². The summed E-state index contributed by atoms with van der Waals surface area (Å²) in [5.41, 5.74) is 0. The number of carbonyl (C=O) groups excluding carboxylic acids is 1. The molecular weight excluding hydrogens is 289 g/mol. The van der Waals surface area contributed by atoms with E-state index in [1.807, 2.05) is 13.8 Å². The number of thioether (sulfide) groups is 1. The maximum absolute atomic E-state index is 12.0. The molecule has 0 aliphatic rings. The highest BCUT2D eigenvalue weighted by Gasteiger charge is 2.26. The molecule has 0 radical (unpaired) electrons. The molecule has 1 unspecified atom stereocenters. The van der Waals surface area contributed by atoms with Crippen LogP contribution in [0.2, 0.25) is 0 Å². The van der Waals surface area contributed by atoms with Crippen LogP contribution in [-0.4, -0.2) is 29.8 Å². The number of rotatable bonds is 11. The van der Waals surface area contributed by atoms with Crippen molar-refractivity contribution in [2.24, 2.45) is 0 Å². The Hall–Kier alpha value is -0.390. The maximum atomic E-state index is 12.0. The molecule has 0 aliphatic carbocycles. The van der Waals surface area contributed by atoms with Gasteiger partial charge in [-0.2, -0.15) is 24.9 Å². The van der Waals surface area contributed by atoms with E-state index in [2.05, 4.69) is 0 Å². The average Bonchev–Trinajstić information content (AvgIpc) is 2.37. The van der Waals surface area contributed by atoms with Crippen molar-refractivity contribution in [1.29, 1.82) is 0 Å². The molecule has 0 aromatic rings. The Morgan fingerprint density at radius 1 is 1.20 bits per heavy atom. The van der Waals surface area contributed by atoms with Gasteiger partial charge in [0.2, 0.25) is 0 Å². The third-order valence-corrected chi connectivity index (χ3v) is 4.10. The minimum absolute atomic E-state index is 0.110. The normalized spacial score (nSPS) is 13.2. The Morgan fingerprint density at radius 2 is 1.90 bits per heavy atom. The lowest BCUT2D eigenvalue weighted by molar-refractivity contribution is -0.143. The van der Waals surface area contributed by atoms with Crippen molar-refractivity contribution >= 4 is 17.7 Å². The predicted molar refractivity (Wildman–Crippen MR) is 76.9 cm³/mol. The first kappa shape index (κ1) is 19.6. The van der Waals surface area contributed by atoms with Gasteiger partial charge in [0, 0.05) is 18.1 Å². The van der Waals surface area contributed by atoms with Gasteiger partial charge in [-0.05, 0) is 25.0 Å². The Kier molecular flexibility index (Phi) is 11.1. The molecule has 0 spiro atoms. The fourth-order valence-corrected chi connectivity index (χ4v) is 2.85. The smallest absolute Gasteiger partial charge is 0.389 e. The lowest BCUT2D eigenvalue weighted by atomic mass is 10.2. The third-order valence-electron chi connectivity index (χ3n) is 2.73. The molecule has 0 bridgehead atoms. The summed E-state index contributed by atoms with van der Waals surface area (Å²) in [5, 5.41) is 0.110. The van der Waals surface area contributed by atoms with Crippen LogP contribution in [0.3, 0.4) is 0 Å². The summed E-state index contributed by atoms with van der Waals surface area (Å²) in [6, 6.07) is 0. The fraction of sp³-hybridized carbons (Fsp3) is 0.929. The van der Waals surface area contributed by atoms with Crippen molar-refractivity contribution in [1.82, 2.24) is 0 Å². The highest BCUT2D eigenvalue weighted by Crippen LogP contribution is 2.25. The summed E-state index contributed by atoms with van der Waals surface area (Å²) in [4.78, 5) is 11.4. The number of alkyl halides is 3. The van der Waals surface area contributed by atoms with Crippen LogP contribution in [0.1, 0.15) is 58.8 Å². The van der Waals surface area contributed by atoms with Gasteiger partial charge in [0.1, 0.15) is 6.61 Å². The van der Waals surface area contributed by atoms with Gasteiger partial charge in [0.15, 0.2) is 0 Å². The summed E-state index contributed by atoms with van der Waals surface area (Å²) >= 11 is 1.48. The second-order valence-electron chi connectivity index (χ2n) is 4.79. The van der Waals surface area contributed by atoms with Gasteiger partial charge < -0.3 is 4.74 Å². The number of esters is 1. The first-order valence-corrected chi connectivity index (χ1v) is 8.27. The van der Waals surface area contributed by atoms with Crippen LogP contribution in [0.4, 0.5) is 13.2 Å². The topological polar surface area (TPSA) is 26.3 Å². The molecule has 120 valence electrons. The molecule has 0 fully saturated rings. The largest absolute Gasteiger partial charge is 0.464 e. The number of hydrogen-bond donors (Lipinski definition) is 0. The van der Waals surface area contributed by atoms with E-state index in [1.54, 1.807) is 0 Å². The van der Waals surface area contributed by atoms with Gasteiger partial charge in [-0.3, -0.25) is 4.79 Å². The fourth-order valence-electron chi connectivity index (χ4n) is 1.64. The number of halogens is 3. The van der Waals surface area contributed by atoms with Crippen LogP contribution in [-0.2, 0) is 9.53 Å². The summed E-state index contributed by atoms with van der Waals surface area (Å²) in [6.45, 7) is 4.33. The van der Waals surface area contributed by atoms with Gasteiger partial charge in [-0.25, -0.2) is 0 Å². The monoisotopic (exact) mass is 314 g/mol. The van der Waals surface area contributed by atoms with Gasteiger partial charge in [-0.1, -0.05) is 26.7 Å². The molecule has 0 heterocycles. The highest BCUT2D eigenvalue weighted by molar-refractivity contribution is 7.99. The van der Waals surface area contributed by atoms with Crippen molar-refractivity contribution in [3.8, 4) is 0 Å². The van der Waals surface area contributed by atoms with Crippen molar-refractivity contribution in [3.63, 3.8) is 0 Å².